The number of hydrogen-bond acceptors (Lipinski definition) is 6. The topological polar surface area (TPSA) is 75.0 Å². The van der Waals surface area contributed by atoms with Crippen molar-refractivity contribution in [2.45, 2.75) is 76.9 Å². The highest BCUT2D eigenvalue weighted by Gasteiger charge is 2.27. The van der Waals surface area contributed by atoms with Crippen molar-refractivity contribution in [3.8, 4) is 22.6 Å². The van der Waals surface area contributed by atoms with Crippen molar-refractivity contribution < 1.29 is 8.85 Å². The van der Waals surface area contributed by atoms with Gasteiger partial charge in [0, 0.05) is 38.7 Å². The standard InChI is InChI=1S/C26H39N5O2Si/c1-32-34(3,33-2)20-14-10-8-6-4-5-7-9-13-19-31-22-26(29-30-31)23-16-18-28-25(21-23)24-15-11-12-17-27-24/h11-12,15-18,21-22H,4-10,13-14,19-20H2,1-3H3. The lowest BCUT2D eigenvalue weighted by atomic mass is 10.1. The van der Waals surface area contributed by atoms with Crippen LogP contribution < -0.4 is 0 Å². The lowest BCUT2D eigenvalue weighted by Gasteiger charge is -2.22. The van der Waals surface area contributed by atoms with Gasteiger partial charge in [0.2, 0.25) is 0 Å². The van der Waals surface area contributed by atoms with Crippen molar-refractivity contribution >= 4 is 8.56 Å². The SMILES string of the molecule is CO[Si](C)(CCCCCCCCCCCn1cc(-c2ccnc(-c3ccccn3)c2)nn1)OC. The van der Waals surface area contributed by atoms with E-state index in [-0.39, 0.29) is 0 Å². The first-order valence-corrected chi connectivity index (χ1v) is 15.0. The summed E-state index contributed by atoms with van der Waals surface area (Å²) in [5, 5.41) is 8.68. The van der Waals surface area contributed by atoms with Crippen molar-refractivity contribution in [2.75, 3.05) is 14.2 Å². The maximum absolute atomic E-state index is 5.55. The molecule has 3 aromatic heterocycles. The van der Waals surface area contributed by atoms with E-state index in [1.807, 2.05) is 41.2 Å². The monoisotopic (exact) mass is 481 g/mol. The molecule has 0 radical (unpaired) electrons. The average Bonchev–Trinajstić information content (AvgIpc) is 3.37. The summed E-state index contributed by atoms with van der Waals surface area (Å²) in [6.07, 6.45) is 17.1. The largest absolute Gasteiger partial charge is 0.398 e. The van der Waals surface area contributed by atoms with E-state index in [9.17, 15) is 0 Å². The van der Waals surface area contributed by atoms with Gasteiger partial charge in [0.05, 0.1) is 17.6 Å². The predicted octanol–water partition coefficient (Wildman–Crippen LogP) is 6.28. The number of pyridine rings is 2. The molecule has 34 heavy (non-hydrogen) atoms. The maximum Gasteiger partial charge on any atom is 0.334 e. The second kappa shape index (κ2) is 14.1. The van der Waals surface area contributed by atoms with E-state index >= 15 is 0 Å². The van der Waals surface area contributed by atoms with Crippen LogP contribution in [0.3, 0.4) is 0 Å². The Morgan fingerprint density at radius 1 is 0.765 bits per heavy atom. The molecule has 0 fully saturated rings. The lowest BCUT2D eigenvalue weighted by Crippen LogP contribution is -2.35. The fraction of sp³-hybridized carbons (Fsp3) is 0.538. The molecule has 7 nitrogen and oxygen atoms in total. The van der Waals surface area contributed by atoms with E-state index in [2.05, 4.69) is 26.8 Å². The molecule has 0 bridgehead atoms. The van der Waals surface area contributed by atoms with Crippen LogP contribution >= 0.6 is 0 Å². The molecule has 0 aromatic carbocycles. The van der Waals surface area contributed by atoms with Gasteiger partial charge in [-0.1, -0.05) is 62.6 Å². The molecule has 0 aliphatic heterocycles. The summed E-state index contributed by atoms with van der Waals surface area (Å²) in [6.45, 7) is 3.05. The molecule has 3 rings (SSSR count). The van der Waals surface area contributed by atoms with Crippen LogP contribution in [0.1, 0.15) is 57.8 Å². The number of aryl methyl sites for hydroxylation is 1. The number of aromatic nitrogens is 5. The van der Waals surface area contributed by atoms with Crippen molar-refractivity contribution in [2.24, 2.45) is 0 Å². The molecule has 0 N–H and O–H groups in total. The van der Waals surface area contributed by atoms with Gasteiger partial charge in [-0.2, -0.15) is 0 Å². The quantitative estimate of drug-likeness (QED) is 0.177. The summed E-state index contributed by atoms with van der Waals surface area (Å²) < 4.78 is 13.0. The Labute approximate surface area is 205 Å². The van der Waals surface area contributed by atoms with Crippen LogP contribution in [0, 0.1) is 0 Å². The molecular weight excluding hydrogens is 442 g/mol. The van der Waals surface area contributed by atoms with Crippen molar-refractivity contribution in [1.29, 1.82) is 0 Å². The van der Waals surface area contributed by atoms with E-state index in [4.69, 9.17) is 8.85 Å². The van der Waals surface area contributed by atoms with E-state index < -0.39 is 8.56 Å². The molecule has 0 amide bonds. The Morgan fingerprint density at radius 2 is 1.44 bits per heavy atom. The van der Waals surface area contributed by atoms with Crippen LogP contribution in [0.15, 0.2) is 48.9 Å². The summed E-state index contributed by atoms with van der Waals surface area (Å²) in [6, 6.07) is 10.9. The van der Waals surface area contributed by atoms with Crippen LogP contribution in [-0.2, 0) is 15.4 Å². The second-order valence-electron chi connectivity index (χ2n) is 8.99. The second-order valence-corrected chi connectivity index (χ2v) is 12.6. The van der Waals surface area contributed by atoms with Gasteiger partial charge < -0.3 is 8.85 Å². The molecule has 0 saturated carbocycles. The highest BCUT2D eigenvalue weighted by molar-refractivity contribution is 6.65. The van der Waals surface area contributed by atoms with Crippen molar-refractivity contribution in [3.63, 3.8) is 0 Å². The van der Waals surface area contributed by atoms with E-state index in [0.29, 0.717) is 0 Å². The molecule has 0 aliphatic rings. The summed E-state index contributed by atoms with van der Waals surface area (Å²) >= 11 is 0. The molecule has 0 spiro atoms. The normalized spacial score (nSPS) is 11.7. The van der Waals surface area contributed by atoms with Gasteiger partial charge in [0.1, 0.15) is 5.69 Å². The first-order valence-electron chi connectivity index (χ1n) is 12.5. The number of hydrogen-bond donors (Lipinski definition) is 0. The fourth-order valence-electron chi connectivity index (χ4n) is 4.03. The van der Waals surface area contributed by atoms with Gasteiger partial charge in [-0.25, -0.2) is 0 Å². The van der Waals surface area contributed by atoms with Gasteiger partial charge in [0.15, 0.2) is 0 Å². The Bertz CT molecular complexity index is 963. The van der Waals surface area contributed by atoms with Gasteiger partial charge in [-0.15, -0.1) is 5.10 Å². The van der Waals surface area contributed by atoms with Crippen molar-refractivity contribution in [1.82, 2.24) is 25.0 Å². The van der Waals surface area contributed by atoms with Crippen LogP contribution in [0.4, 0.5) is 0 Å². The van der Waals surface area contributed by atoms with E-state index in [1.54, 1.807) is 26.6 Å². The zero-order valence-corrected chi connectivity index (χ0v) is 21.9. The zero-order chi connectivity index (χ0) is 24.1. The third-order valence-corrected chi connectivity index (χ3v) is 9.39. The van der Waals surface area contributed by atoms with Gasteiger partial charge in [-0.05, 0) is 43.3 Å². The van der Waals surface area contributed by atoms with Gasteiger partial charge >= 0.3 is 8.56 Å². The van der Waals surface area contributed by atoms with Crippen LogP contribution in [0.25, 0.3) is 22.6 Å². The zero-order valence-electron chi connectivity index (χ0n) is 20.9. The molecule has 0 unspecified atom stereocenters. The first-order chi connectivity index (χ1) is 16.6. The minimum absolute atomic E-state index is 0.845. The smallest absolute Gasteiger partial charge is 0.334 e. The first kappa shape index (κ1) is 26.2. The van der Waals surface area contributed by atoms with Crippen molar-refractivity contribution in [3.05, 3.63) is 48.9 Å². The molecule has 3 aromatic rings. The predicted molar refractivity (Wildman–Crippen MR) is 138 cm³/mol. The van der Waals surface area contributed by atoms with Crippen LogP contribution in [0.2, 0.25) is 12.6 Å². The Hall–Kier alpha value is -2.42. The summed E-state index contributed by atoms with van der Waals surface area (Å²) in [5.74, 6) is 0. The van der Waals surface area contributed by atoms with E-state index in [1.165, 1.54) is 51.4 Å². The molecule has 3 heterocycles. The van der Waals surface area contributed by atoms with E-state index in [0.717, 1.165) is 41.7 Å². The third-order valence-electron chi connectivity index (χ3n) is 6.40. The molecule has 0 atom stereocenters. The average molecular weight is 482 g/mol. The maximum atomic E-state index is 5.55. The number of nitrogens with zero attached hydrogens (tertiary/aromatic N) is 5. The Kier molecular flexibility index (Phi) is 10.8. The summed E-state index contributed by atoms with van der Waals surface area (Å²) in [4.78, 5) is 8.82. The highest BCUT2D eigenvalue weighted by atomic mass is 28.4. The third kappa shape index (κ3) is 8.41. The molecule has 8 heteroatoms. The molecule has 0 aliphatic carbocycles. The van der Waals surface area contributed by atoms with Gasteiger partial charge in [-0.3, -0.25) is 14.6 Å². The fourth-order valence-corrected chi connectivity index (χ4v) is 5.50. The van der Waals surface area contributed by atoms with Gasteiger partial charge in [0.25, 0.3) is 0 Å². The Balaban J connectivity index is 1.28. The summed E-state index contributed by atoms with van der Waals surface area (Å²) in [7, 11) is 1.68. The molecule has 184 valence electrons. The minimum atomic E-state index is -1.87. The molecular formula is C26H39N5O2Si. The number of rotatable bonds is 16. The number of unbranched alkanes of at least 4 members (excludes halogenated alkanes) is 8. The lowest BCUT2D eigenvalue weighted by molar-refractivity contribution is 0.248. The van der Waals surface area contributed by atoms with Crippen LogP contribution in [0.5, 0.6) is 0 Å². The summed E-state index contributed by atoms with van der Waals surface area (Å²) in [5.41, 5.74) is 3.59. The minimum Gasteiger partial charge on any atom is -0.398 e. The van der Waals surface area contributed by atoms with Crippen LogP contribution in [-0.4, -0.2) is 47.7 Å². The highest BCUT2D eigenvalue weighted by Crippen LogP contribution is 2.22. The molecule has 0 saturated heterocycles. The Morgan fingerprint density at radius 3 is 2.12 bits per heavy atom.